The van der Waals surface area contributed by atoms with E-state index in [0.717, 1.165) is 16.5 Å². The highest BCUT2D eigenvalue weighted by atomic mass is 16.6. The van der Waals surface area contributed by atoms with Crippen LogP contribution >= 0.6 is 0 Å². The van der Waals surface area contributed by atoms with E-state index in [4.69, 9.17) is 4.74 Å². The summed E-state index contributed by atoms with van der Waals surface area (Å²) in [6, 6.07) is 13.3. The molecule has 2 aromatic carbocycles. The molecule has 33 heavy (non-hydrogen) atoms. The lowest BCUT2D eigenvalue weighted by atomic mass is 10.0. The molecule has 0 bridgehead atoms. The number of hydrogen-bond donors (Lipinski definition) is 4. The number of hydrogen-bond acceptors (Lipinski definition) is 4. The lowest BCUT2D eigenvalue weighted by Crippen LogP contribution is -2.41. The molecule has 3 aromatic rings. The van der Waals surface area contributed by atoms with Crippen LogP contribution in [0.4, 0.5) is 10.5 Å². The molecule has 1 heterocycles. The molecule has 0 aliphatic heterocycles. The SMILES string of the molecule is CC(C)(C)OC(=O)Nc1ccc(/C=C/C(=O)N[C@@H](Cc2c[nH]c3ccccc23)C(=O)O)cc1. The predicted molar refractivity (Wildman–Crippen MR) is 127 cm³/mol. The molecule has 172 valence electrons. The minimum Gasteiger partial charge on any atom is -0.480 e. The average Bonchev–Trinajstić information content (AvgIpc) is 3.14. The van der Waals surface area contributed by atoms with Crippen LogP contribution < -0.4 is 10.6 Å². The fourth-order valence-electron chi connectivity index (χ4n) is 3.21. The van der Waals surface area contributed by atoms with E-state index in [9.17, 15) is 19.5 Å². The van der Waals surface area contributed by atoms with Crippen molar-refractivity contribution in [2.75, 3.05) is 5.32 Å². The number of anilines is 1. The van der Waals surface area contributed by atoms with E-state index >= 15 is 0 Å². The standard InChI is InChI=1S/C25H27N3O5/c1-25(2,3)33-24(32)27-18-11-8-16(9-12-18)10-13-22(29)28-21(23(30)31)14-17-15-26-20-7-5-4-6-19(17)20/h4-13,15,21,26H,14H2,1-3H3,(H,27,32)(H,28,29)(H,30,31)/b13-10+/t21-/m0/s1. The number of nitrogens with one attached hydrogen (secondary N) is 3. The van der Waals surface area contributed by atoms with Gasteiger partial charge < -0.3 is 20.1 Å². The summed E-state index contributed by atoms with van der Waals surface area (Å²) in [6.07, 6.45) is 4.21. The Morgan fingerprint density at radius 3 is 2.45 bits per heavy atom. The maximum Gasteiger partial charge on any atom is 0.412 e. The predicted octanol–water partition coefficient (Wildman–Crippen LogP) is 4.34. The van der Waals surface area contributed by atoms with Gasteiger partial charge >= 0.3 is 12.1 Å². The molecule has 0 fully saturated rings. The molecule has 3 rings (SSSR count). The van der Waals surface area contributed by atoms with Crippen LogP contribution in [0.3, 0.4) is 0 Å². The number of ether oxygens (including phenoxy) is 1. The van der Waals surface area contributed by atoms with E-state index in [0.29, 0.717) is 11.3 Å². The number of rotatable bonds is 7. The Morgan fingerprint density at radius 2 is 1.79 bits per heavy atom. The maximum atomic E-state index is 12.3. The summed E-state index contributed by atoms with van der Waals surface area (Å²) in [5.74, 6) is -1.63. The Labute approximate surface area is 191 Å². The average molecular weight is 450 g/mol. The van der Waals surface area contributed by atoms with Crippen molar-refractivity contribution in [1.82, 2.24) is 10.3 Å². The first-order chi connectivity index (χ1) is 15.6. The van der Waals surface area contributed by atoms with Gasteiger partial charge in [0.2, 0.25) is 5.91 Å². The third kappa shape index (κ3) is 6.96. The molecule has 0 aliphatic carbocycles. The van der Waals surface area contributed by atoms with E-state index < -0.39 is 29.6 Å². The Kier molecular flexibility index (Phi) is 7.17. The summed E-state index contributed by atoms with van der Waals surface area (Å²) >= 11 is 0. The molecule has 0 aliphatic rings. The summed E-state index contributed by atoms with van der Waals surface area (Å²) in [7, 11) is 0. The van der Waals surface area contributed by atoms with Crippen molar-refractivity contribution in [1.29, 1.82) is 0 Å². The number of carbonyl (C=O) groups is 3. The summed E-state index contributed by atoms with van der Waals surface area (Å²) in [6.45, 7) is 5.34. The van der Waals surface area contributed by atoms with Crippen LogP contribution in [-0.2, 0) is 20.7 Å². The van der Waals surface area contributed by atoms with Crippen molar-refractivity contribution < 1.29 is 24.2 Å². The van der Waals surface area contributed by atoms with E-state index in [1.165, 1.54) is 6.08 Å². The van der Waals surface area contributed by atoms with Crippen LogP contribution in [0.5, 0.6) is 0 Å². The lowest BCUT2D eigenvalue weighted by molar-refractivity contribution is -0.141. The van der Waals surface area contributed by atoms with E-state index in [2.05, 4.69) is 15.6 Å². The van der Waals surface area contributed by atoms with Crippen molar-refractivity contribution in [2.24, 2.45) is 0 Å². The molecule has 8 nitrogen and oxygen atoms in total. The number of carboxylic acids is 1. The summed E-state index contributed by atoms with van der Waals surface area (Å²) < 4.78 is 5.20. The molecule has 4 N–H and O–H groups in total. The fourth-order valence-corrected chi connectivity index (χ4v) is 3.21. The highest BCUT2D eigenvalue weighted by Gasteiger charge is 2.21. The van der Waals surface area contributed by atoms with Crippen LogP contribution in [0.1, 0.15) is 31.9 Å². The number of benzene rings is 2. The third-order valence-corrected chi connectivity index (χ3v) is 4.70. The van der Waals surface area contributed by atoms with E-state index in [1.807, 2.05) is 24.3 Å². The van der Waals surface area contributed by atoms with E-state index in [1.54, 1.807) is 57.3 Å². The van der Waals surface area contributed by atoms with Crippen molar-refractivity contribution >= 4 is 40.6 Å². The molecule has 0 spiro atoms. The Bertz CT molecular complexity index is 1170. The molecule has 0 saturated heterocycles. The molecule has 0 radical (unpaired) electrons. The van der Waals surface area contributed by atoms with Gasteiger partial charge in [0.1, 0.15) is 11.6 Å². The molecule has 8 heteroatoms. The van der Waals surface area contributed by atoms with Gasteiger partial charge in [-0.2, -0.15) is 0 Å². The second-order valence-corrected chi connectivity index (χ2v) is 8.55. The monoisotopic (exact) mass is 449 g/mol. The first kappa shape index (κ1) is 23.6. The summed E-state index contributed by atoms with van der Waals surface area (Å²) in [5, 5.41) is 15.6. The normalized spacial score (nSPS) is 12.5. The molecule has 1 atom stereocenters. The van der Waals surface area contributed by atoms with Gasteiger partial charge in [0.25, 0.3) is 0 Å². The number of aromatic amines is 1. The van der Waals surface area contributed by atoms with Crippen molar-refractivity contribution in [3.63, 3.8) is 0 Å². The summed E-state index contributed by atoms with van der Waals surface area (Å²) in [4.78, 5) is 38.9. The molecule has 1 aromatic heterocycles. The largest absolute Gasteiger partial charge is 0.480 e. The maximum absolute atomic E-state index is 12.3. The van der Waals surface area contributed by atoms with Crippen molar-refractivity contribution in [2.45, 2.75) is 38.8 Å². The number of H-pyrrole nitrogens is 1. The van der Waals surface area contributed by atoms with Gasteiger partial charge in [0.05, 0.1) is 0 Å². The van der Waals surface area contributed by atoms with Gasteiger partial charge in [-0.25, -0.2) is 9.59 Å². The van der Waals surface area contributed by atoms with Crippen LogP contribution in [-0.4, -0.2) is 39.7 Å². The summed E-state index contributed by atoms with van der Waals surface area (Å²) in [5.41, 5.74) is 2.39. The Hall–Kier alpha value is -4.07. The molecule has 2 amide bonds. The lowest BCUT2D eigenvalue weighted by Gasteiger charge is -2.19. The topological polar surface area (TPSA) is 121 Å². The minimum atomic E-state index is -1.11. The molecular weight excluding hydrogens is 422 g/mol. The van der Waals surface area contributed by atoms with Gasteiger partial charge in [-0.1, -0.05) is 30.3 Å². The van der Waals surface area contributed by atoms with Crippen LogP contribution in [0.15, 0.2) is 60.8 Å². The van der Waals surface area contributed by atoms with Gasteiger partial charge in [-0.3, -0.25) is 10.1 Å². The minimum absolute atomic E-state index is 0.157. The quantitative estimate of drug-likeness (QED) is 0.400. The highest BCUT2D eigenvalue weighted by molar-refractivity contribution is 5.95. The van der Waals surface area contributed by atoms with Gasteiger partial charge in [-0.15, -0.1) is 0 Å². The Balaban J connectivity index is 1.58. The van der Waals surface area contributed by atoms with E-state index in [-0.39, 0.29) is 6.42 Å². The van der Waals surface area contributed by atoms with Crippen molar-refractivity contribution in [3.8, 4) is 0 Å². The van der Waals surface area contributed by atoms with Gasteiger partial charge in [0.15, 0.2) is 0 Å². The first-order valence-corrected chi connectivity index (χ1v) is 10.5. The zero-order valence-corrected chi connectivity index (χ0v) is 18.7. The zero-order valence-electron chi connectivity index (χ0n) is 18.7. The number of fused-ring (bicyclic) bond motifs is 1. The number of para-hydroxylation sites is 1. The fraction of sp³-hybridized carbons (Fsp3) is 0.240. The number of carboxylic acid groups (broad SMARTS) is 1. The van der Waals surface area contributed by atoms with Gasteiger partial charge in [0, 0.05) is 35.3 Å². The van der Waals surface area contributed by atoms with Gasteiger partial charge in [-0.05, 0) is 56.2 Å². The second kappa shape index (κ2) is 10.0. The van der Waals surface area contributed by atoms with Crippen molar-refractivity contribution in [3.05, 3.63) is 71.9 Å². The number of carbonyl (C=O) groups excluding carboxylic acids is 2. The Morgan fingerprint density at radius 1 is 1.09 bits per heavy atom. The molecule has 0 unspecified atom stereocenters. The number of aromatic nitrogens is 1. The highest BCUT2D eigenvalue weighted by Crippen LogP contribution is 2.19. The number of aliphatic carboxylic acids is 1. The molecular formula is C25H27N3O5. The smallest absolute Gasteiger partial charge is 0.412 e. The second-order valence-electron chi connectivity index (χ2n) is 8.55. The zero-order chi connectivity index (χ0) is 24.0. The number of amides is 2. The third-order valence-electron chi connectivity index (χ3n) is 4.70. The molecule has 0 saturated carbocycles. The van der Waals surface area contributed by atoms with Crippen LogP contribution in [0, 0.1) is 0 Å². The van der Waals surface area contributed by atoms with Crippen LogP contribution in [0.25, 0.3) is 17.0 Å². The van der Waals surface area contributed by atoms with Crippen LogP contribution in [0.2, 0.25) is 0 Å². The first-order valence-electron chi connectivity index (χ1n) is 10.5.